The van der Waals surface area contributed by atoms with Crippen molar-refractivity contribution >= 4 is 28.0 Å². The number of benzene rings is 2. The average Bonchev–Trinajstić information content (AvgIpc) is 3.27. The number of hydrogen-bond acceptors (Lipinski definition) is 4. The number of anilines is 1. The summed E-state index contributed by atoms with van der Waals surface area (Å²) in [6, 6.07) is 13.8. The number of nitrogens with zero attached hydrogens (tertiary/aromatic N) is 4. The summed E-state index contributed by atoms with van der Waals surface area (Å²) in [5.74, 6) is 0.301. The summed E-state index contributed by atoms with van der Waals surface area (Å²) in [6.45, 7) is 3.16. The SMILES string of the molecule is Cc1ccc(NC(=O)N2CCc3c(sc4nc(-c5ccc(F)cc5)nn34)C2)cc1. The average molecular weight is 407 g/mol. The van der Waals surface area contributed by atoms with Gasteiger partial charge in [0.05, 0.1) is 12.2 Å². The molecule has 5 rings (SSSR count). The van der Waals surface area contributed by atoms with E-state index in [1.54, 1.807) is 28.4 Å². The Morgan fingerprint density at radius 1 is 1.14 bits per heavy atom. The summed E-state index contributed by atoms with van der Waals surface area (Å²) in [4.78, 5) is 20.9. The highest BCUT2D eigenvalue weighted by Crippen LogP contribution is 2.30. The first kappa shape index (κ1) is 17.8. The number of thiazole rings is 1. The molecule has 146 valence electrons. The lowest BCUT2D eigenvalue weighted by Crippen LogP contribution is -2.38. The normalized spacial score (nSPS) is 13.5. The fraction of sp³-hybridized carbons (Fsp3) is 0.190. The molecule has 1 aliphatic rings. The third-order valence-electron chi connectivity index (χ3n) is 5.01. The minimum Gasteiger partial charge on any atom is -0.319 e. The Bertz CT molecular complexity index is 1200. The van der Waals surface area contributed by atoms with Crippen molar-refractivity contribution in [1.29, 1.82) is 0 Å². The van der Waals surface area contributed by atoms with Crippen LogP contribution in [0.25, 0.3) is 16.3 Å². The minimum atomic E-state index is -0.281. The molecule has 6 nitrogen and oxygen atoms in total. The number of carbonyl (C=O) groups excluding carboxylic acids is 1. The molecule has 2 aromatic heterocycles. The smallest absolute Gasteiger partial charge is 0.319 e. The van der Waals surface area contributed by atoms with Crippen molar-refractivity contribution in [1.82, 2.24) is 19.5 Å². The molecular weight excluding hydrogens is 389 g/mol. The van der Waals surface area contributed by atoms with E-state index in [4.69, 9.17) is 0 Å². The first-order valence-corrected chi connectivity index (χ1v) is 10.1. The largest absolute Gasteiger partial charge is 0.322 e. The van der Waals surface area contributed by atoms with E-state index in [0.29, 0.717) is 25.3 Å². The summed E-state index contributed by atoms with van der Waals surface area (Å²) >= 11 is 1.54. The van der Waals surface area contributed by atoms with E-state index in [0.717, 1.165) is 32.3 Å². The number of aryl methyl sites for hydroxylation is 1. The second-order valence-corrected chi connectivity index (χ2v) is 8.14. The first-order chi connectivity index (χ1) is 14.1. The monoisotopic (exact) mass is 407 g/mol. The Morgan fingerprint density at radius 2 is 1.90 bits per heavy atom. The van der Waals surface area contributed by atoms with Crippen molar-refractivity contribution in [2.45, 2.75) is 19.9 Å². The van der Waals surface area contributed by atoms with E-state index in [2.05, 4.69) is 15.4 Å². The van der Waals surface area contributed by atoms with Crippen molar-refractivity contribution in [3.8, 4) is 11.4 Å². The number of halogens is 1. The standard InChI is InChI=1S/C21H18FN5OS/c1-13-2-8-16(9-3-13)23-20(28)26-11-10-17-18(12-26)29-21-24-19(25-27(17)21)14-4-6-15(22)7-5-14/h2-9H,10-12H2,1H3,(H,23,28). The lowest BCUT2D eigenvalue weighted by Gasteiger charge is -2.26. The van der Waals surface area contributed by atoms with E-state index in [1.807, 2.05) is 35.7 Å². The van der Waals surface area contributed by atoms with Crippen LogP contribution in [0.1, 0.15) is 16.1 Å². The topological polar surface area (TPSA) is 62.5 Å². The number of rotatable bonds is 2. The predicted molar refractivity (Wildman–Crippen MR) is 111 cm³/mol. The highest BCUT2D eigenvalue weighted by Gasteiger charge is 2.26. The van der Waals surface area contributed by atoms with Crippen LogP contribution >= 0.6 is 11.3 Å². The van der Waals surface area contributed by atoms with E-state index >= 15 is 0 Å². The molecule has 0 spiro atoms. The van der Waals surface area contributed by atoms with Gasteiger partial charge >= 0.3 is 6.03 Å². The van der Waals surface area contributed by atoms with Gasteiger partial charge in [0.25, 0.3) is 0 Å². The zero-order valence-corrected chi connectivity index (χ0v) is 16.5. The Labute approximate surface area is 170 Å². The van der Waals surface area contributed by atoms with Crippen molar-refractivity contribution in [3.05, 3.63) is 70.5 Å². The highest BCUT2D eigenvalue weighted by atomic mass is 32.1. The van der Waals surface area contributed by atoms with Gasteiger partial charge in [-0.05, 0) is 43.3 Å². The summed E-state index contributed by atoms with van der Waals surface area (Å²) in [5.41, 5.74) is 3.81. The molecule has 0 bridgehead atoms. The second-order valence-electron chi connectivity index (χ2n) is 7.08. The van der Waals surface area contributed by atoms with Crippen LogP contribution in [0.3, 0.4) is 0 Å². The molecule has 0 aliphatic carbocycles. The molecule has 0 fully saturated rings. The van der Waals surface area contributed by atoms with Gasteiger partial charge in [-0.25, -0.2) is 13.7 Å². The van der Waals surface area contributed by atoms with E-state index in [1.165, 1.54) is 12.1 Å². The molecule has 29 heavy (non-hydrogen) atoms. The van der Waals surface area contributed by atoms with E-state index in [9.17, 15) is 9.18 Å². The molecule has 8 heteroatoms. The summed E-state index contributed by atoms with van der Waals surface area (Å²) in [5, 5.41) is 7.56. The summed E-state index contributed by atoms with van der Waals surface area (Å²) < 4.78 is 15.0. The molecule has 0 unspecified atom stereocenters. The number of aromatic nitrogens is 3. The molecule has 0 atom stereocenters. The van der Waals surface area contributed by atoms with Gasteiger partial charge in [-0.15, -0.1) is 5.10 Å². The lowest BCUT2D eigenvalue weighted by molar-refractivity contribution is 0.206. The molecule has 2 amide bonds. The third kappa shape index (κ3) is 3.36. The van der Waals surface area contributed by atoms with E-state index < -0.39 is 0 Å². The third-order valence-corrected chi connectivity index (χ3v) is 6.07. The van der Waals surface area contributed by atoms with Gasteiger partial charge in [-0.3, -0.25) is 0 Å². The van der Waals surface area contributed by atoms with Gasteiger partial charge in [-0.2, -0.15) is 4.98 Å². The molecule has 0 saturated carbocycles. The number of hydrogen-bond donors (Lipinski definition) is 1. The van der Waals surface area contributed by atoms with Gasteiger partial charge in [0.15, 0.2) is 5.82 Å². The van der Waals surface area contributed by atoms with Crippen molar-refractivity contribution < 1.29 is 9.18 Å². The quantitative estimate of drug-likeness (QED) is 0.532. The van der Waals surface area contributed by atoms with Crippen molar-refractivity contribution in [2.75, 3.05) is 11.9 Å². The Kier molecular flexibility index (Phi) is 4.28. The molecule has 2 aromatic carbocycles. The fourth-order valence-corrected chi connectivity index (χ4v) is 4.54. The second kappa shape index (κ2) is 6.97. The van der Waals surface area contributed by atoms with Crippen LogP contribution in [0.5, 0.6) is 0 Å². The molecule has 0 radical (unpaired) electrons. The van der Waals surface area contributed by atoms with Gasteiger partial charge in [0.1, 0.15) is 5.82 Å². The van der Waals surface area contributed by atoms with Crippen LogP contribution in [-0.2, 0) is 13.0 Å². The predicted octanol–water partition coefficient (Wildman–Crippen LogP) is 4.50. The summed E-state index contributed by atoms with van der Waals surface area (Å²) in [6.07, 6.45) is 0.711. The Balaban J connectivity index is 1.35. The van der Waals surface area contributed by atoms with Crippen LogP contribution in [0.2, 0.25) is 0 Å². The lowest BCUT2D eigenvalue weighted by atomic mass is 10.2. The van der Waals surface area contributed by atoms with Gasteiger partial charge in [-0.1, -0.05) is 29.0 Å². The highest BCUT2D eigenvalue weighted by molar-refractivity contribution is 7.17. The van der Waals surface area contributed by atoms with Crippen LogP contribution in [0.15, 0.2) is 48.5 Å². The fourth-order valence-electron chi connectivity index (χ4n) is 3.42. The molecule has 4 aromatic rings. The van der Waals surface area contributed by atoms with Crippen LogP contribution in [0, 0.1) is 12.7 Å². The number of amides is 2. The van der Waals surface area contributed by atoms with Crippen LogP contribution in [0.4, 0.5) is 14.9 Å². The van der Waals surface area contributed by atoms with Crippen molar-refractivity contribution in [3.63, 3.8) is 0 Å². The maximum Gasteiger partial charge on any atom is 0.322 e. The molecule has 1 aliphatic heterocycles. The molecule has 0 saturated heterocycles. The van der Waals surface area contributed by atoms with Gasteiger partial charge in [0, 0.05) is 29.1 Å². The van der Waals surface area contributed by atoms with Gasteiger partial charge in [0.2, 0.25) is 4.96 Å². The van der Waals surface area contributed by atoms with Crippen molar-refractivity contribution in [2.24, 2.45) is 0 Å². The maximum absolute atomic E-state index is 13.1. The molecule has 1 N–H and O–H groups in total. The number of nitrogens with one attached hydrogen (secondary N) is 1. The minimum absolute atomic E-state index is 0.106. The Morgan fingerprint density at radius 3 is 2.66 bits per heavy atom. The van der Waals surface area contributed by atoms with E-state index in [-0.39, 0.29) is 11.8 Å². The number of fused-ring (bicyclic) bond motifs is 3. The Hall–Kier alpha value is -3.26. The summed E-state index contributed by atoms with van der Waals surface area (Å²) in [7, 11) is 0. The first-order valence-electron chi connectivity index (χ1n) is 9.33. The zero-order valence-electron chi connectivity index (χ0n) is 15.7. The van der Waals surface area contributed by atoms with Gasteiger partial charge < -0.3 is 10.2 Å². The van der Waals surface area contributed by atoms with Crippen LogP contribution in [-0.4, -0.2) is 32.1 Å². The molecular formula is C21H18FN5OS. The molecule has 3 heterocycles. The number of urea groups is 1. The van der Waals surface area contributed by atoms with Crippen LogP contribution < -0.4 is 5.32 Å². The maximum atomic E-state index is 13.1. The number of carbonyl (C=O) groups is 1. The zero-order chi connectivity index (χ0) is 20.0.